The monoisotopic (exact) mass is 484 g/mol. The topological polar surface area (TPSA) is 0 Å². The molecule has 0 aromatic heterocycles. The van der Waals surface area contributed by atoms with Crippen molar-refractivity contribution in [3.8, 4) is 0 Å². The van der Waals surface area contributed by atoms with Gasteiger partial charge in [-0.25, -0.2) is 0 Å². The average Bonchev–Trinajstić information content (AvgIpc) is 3.39. The molecule has 0 radical (unpaired) electrons. The molecule has 4 heterocycles. The van der Waals surface area contributed by atoms with E-state index in [1.54, 1.807) is 25.7 Å². The van der Waals surface area contributed by atoms with Crippen LogP contribution in [0.5, 0.6) is 0 Å². The second-order valence-corrected chi connectivity index (χ2v) is 23.6. The van der Waals surface area contributed by atoms with E-state index in [-0.39, 0.29) is 0 Å². The number of thioether (sulfide) groups is 4. The molecule has 0 spiro atoms. The van der Waals surface area contributed by atoms with Gasteiger partial charge >= 0.3 is 0 Å². The summed E-state index contributed by atoms with van der Waals surface area (Å²) in [5.74, 6) is 4.29. The van der Waals surface area contributed by atoms with Gasteiger partial charge in [-0.3, -0.25) is 0 Å². The lowest BCUT2D eigenvalue weighted by atomic mass is 9.95. The summed E-state index contributed by atoms with van der Waals surface area (Å²) < 4.78 is 0. The third kappa shape index (κ3) is 3.08. The van der Waals surface area contributed by atoms with Crippen LogP contribution in [0.4, 0.5) is 0 Å². The molecule has 4 saturated heterocycles. The van der Waals surface area contributed by atoms with Crippen molar-refractivity contribution in [1.29, 1.82) is 0 Å². The SMILES string of the molecule is CC1CC2C(S1)C1SC(C)CC1C2[Si](C)(C)C1C2CC(C)SC2C2SC(C)CC21. The predicted molar refractivity (Wildman–Crippen MR) is 141 cm³/mol. The van der Waals surface area contributed by atoms with Crippen LogP contribution in [0.1, 0.15) is 53.4 Å². The highest BCUT2D eigenvalue weighted by Crippen LogP contribution is 2.72. The summed E-state index contributed by atoms with van der Waals surface area (Å²) in [5.41, 5.74) is 2.25. The van der Waals surface area contributed by atoms with E-state index in [1.165, 1.54) is 0 Å². The van der Waals surface area contributed by atoms with Gasteiger partial charge in [0.05, 0.1) is 8.07 Å². The van der Waals surface area contributed by atoms with Crippen molar-refractivity contribution < 1.29 is 0 Å². The molecule has 12 atom stereocenters. The molecule has 29 heavy (non-hydrogen) atoms. The lowest BCUT2D eigenvalue weighted by molar-refractivity contribution is 0.406. The standard InChI is InChI=1S/C24H40S4Si/c1-11-7-15-19(25-11)20-16(8-12(2)26-20)23(15)29(5,6)24-17-9-13(3)27-21(17)22-18(24)10-14(4)28-22/h11-24H,7-10H2,1-6H3. The molecule has 2 saturated carbocycles. The van der Waals surface area contributed by atoms with Gasteiger partial charge in [-0.05, 0) is 60.4 Å². The maximum Gasteiger partial charge on any atom is 0.0548 e. The van der Waals surface area contributed by atoms with Gasteiger partial charge in [0.15, 0.2) is 0 Å². The Morgan fingerprint density at radius 2 is 0.724 bits per heavy atom. The molecule has 12 unspecified atom stereocenters. The fraction of sp³-hybridized carbons (Fsp3) is 1.00. The Labute approximate surface area is 197 Å². The summed E-state index contributed by atoms with van der Waals surface area (Å²) in [5, 5.41) is 7.69. The zero-order valence-electron chi connectivity index (χ0n) is 19.0. The molecule has 6 rings (SSSR count). The van der Waals surface area contributed by atoms with Gasteiger partial charge in [-0.15, -0.1) is 0 Å². The lowest BCUT2D eigenvalue weighted by Crippen LogP contribution is -2.47. The third-order valence-electron chi connectivity index (χ3n) is 9.87. The van der Waals surface area contributed by atoms with E-state index in [0.29, 0.717) is 0 Å². The van der Waals surface area contributed by atoms with Gasteiger partial charge in [0, 0.05) is 42.0 Å². The number of hydrogen-bond acceptors (Lipinski definition) is 4. The van der Waals surface area contributed by atoms with Crippen LogP contribution in [0, 0.1) is 23.7 Å². The zero-order chi connectivity index (χ0) is 20.2. The summed E-state index contributed by atoms with van der Waals surface area (Å²) in [4.78, 5) is 0. The molecule has 0 nitrogen and oxygen atoms in total. The zero-order valence-corrected chi connectivity index (χ0v) is 23.3. The van der Waals surface area contributed by atoms with E-state index in [9.17, 15) is 0 Å². The van der Waals surface area contributed by atoms with Crippen LogP contribution < -0.4 is 0 Å². The molecule has 164 valence electrons. The average molecular weight is 485 g/mol. The first kappa shape index (κ1) is 21.2. The largest absolute Gasteiger partial charge is 0.154 e. The van der Waals surface area contributed by atoms with Crippen molar-refractivity contribution in [2.24, 2.45) is 23.7 Å². The summed E-state index contributed by atoms with van der Waals surface area (Å²) in [6.07, 6.45) is 6.18. The minimum atomic E-state index is -1.35. The highest BCUT2D eigenvalue weighted by atomic mass is 32.2. The first-order valence-corrected chi connectivity index (χ1v) is 19.3. The number of hydrogen-bond donors (Lipinski definition) is 0. The van der Waals surface area contributed by atoms with Crippen LogP contribution >= 0.6 is 47.0 Å². The predicted octanol–water partition coefficient (Wildman–Crippen LogP) is 7.50. The summed E-state index contributed by atoms with van der Waals surface area (Å²) in [6.45, 7) is 16.0. The van der Waals surface area contributed by atoms with Crippen LogP contribution in [0.2, 0.25) is 24.2 Å². The quantitative estimate of drug-likeness (QED) is 0.372. The van der Waals surface area contributed by atoms with Gasteiger partial charge in [-0.2, -0.15) is 47.0 Å². The van der Waals surface area contributed by atoms with Crippen molar-refractivity contribution in [2.45, 2.75) is 120 Å². The Hall–Kier alpha value is 1.62. The molecule has 6 aliphatic rings. The first-order chi connectivity index (χ1) is 13.8. The van der Waals surface area contributed by atoms with E-state index in [2.05, 4.69) is 87.8 Å². The first-order valence-electron chi connectivity index (χ1n) is 12.4. The van der Waals surface area contributed by atoms with E-state index in [4.69, 9.17) is 0 Å². The van der Waals surface area contributed by atoms with E-state index >= 15 is 0 Å². The molecule has 0 N–H and O–H groups in total. The Balaban J connectivity index is 1.37. The molecule has 0 bridgehead atoms. The normalized spacial score (nSPS) is 61.0. The Bertz CT molecular complexity index is 567. The van der Waals surface area contributed by atoms with Crippen molar-refractivity contribution in [1.82, 2.24) is 0 Å². The van der Waals surface area contributed by atoms with Crippen LogP contribution in [0.3, 0.4) is 0 Å². The molecule has 5 heteroatoms. The highest BCUT2D eigenvalue weighted by Gasteiger charge is 2.67. The molecule has 6 fully saturated rings. The van der Waals surface area contributed by atoms with Gasteiger partial charge in [0.2, 0.25) is 0 Å². The molecule has 0 amide bonds. The van der Waals surface area contributed by atoms with Crippen LogP contribution in [-0.4, -0.2) is 50.1 Å². The lowest BCUT2D eigenvalue weighted by Gasteiger charge is -2.46. The van der Waals surface area contributed by atoms with E-state index in [0.717, 1.165) is 76.8 Å². The summed E-state index contributed by atoms with van der Waals surface area (Å²) >= 11 is 9.64. The maximum absolute atomic E-state index is 2.92. The molecular formula is C24H40S4Si. The minimum absolute atomic E-state index is 0.919. The Morgan fingerprint density at radius 1 is 0.483 bits per heavy atom. The molecule has 2 aliphatic carbocycles. The second-order valence-electron chi connectivity index (χ2n) is 12.1. The fourth-order valence-corrected chi connectivity index (χ4v) is 23.9. The van der Waals surface area contributed by atoms with Gasteiger partial charge in [-0.1, -0.05) is 40.8 Å². The van der Waals surface area contributed by atoms with E-state index in [1.807, 2.05) is 0 Å². The van der Waals surface area contributed by atoms with Crippen molar-refractivity contribution in [3.63, 3.8) is 0 Å². The van der Waals surface area contributed by atoms with Gasteiger partial charge in [0.25, 0.3) is 0 Å². The molecule has 4 aliphatic heterocycles. The van der Waals surface area contributed by atoms with Crippen molar-refractivity contribution in [2.75, 3.05) is 0 Å². The Kier molecular flexibility index (Phi) is 5.33. The van der Waals surface area contributed by atoms with Crippen molar-refractivity contribution in [3.05, 3.63) is 0 Å². The third-order valence-corrected chi connectivity index (χ3v) is 21.8. The van der Waals surface area contributed by atoms with Crippen molar-refractivity contribution >= 4 is 55.1 Å². The molecular weight excluding hydrogens is 445 g/mol. The number of fused-ring (bicyclic) bond motifs is 6. The van der Waals surface area contributed by atoms with Gasteiger partial charge < -0.3 is 0 Å². The van der Waals surface area contributed by atoms with E-state index < -0.39 is 8.07 Å². The van der Waals surface area contributed by atoms with Crippen LogP contribution in [0.15, 0.2) is 0 Å². The highest BCUT2D eigenvalue weighted by molar-refractivity contribution is 8.05. The fourth-order valence-electron chi connectivity index (χ4n) is 9.52. The molecule has 0 aromatic rings. The van der Waals surface area contributed by atoms with Crippen LogP contribution in [0.25, 0.3) is 0 Å². The smallest absolute Gasteiger partial charge is 0.0548 e. The van der Waals surface area contributed by atoms with Gasteiger partial charge in [0.1, 0.15) is 0 Å². The second kappa shape index (κ2) is 7.31. The number of rotatable bonds is 2. The maximum atomic E-state index is 2.92. The van der Waals surface area contributed by atoms with Crippen LogP contribution in [-0.2, 0) is 0 Å². The Morgan fingerprint density at radius 3 is 0.966 bits per heavy atom. The minimum Gasteiger partial charge on any atom is -0.154 e. The summed E-state index contributed by atoms with van der Waals surface area (Å²) in [7, 11) is -1.35. The summed E-state index contributed by atoms with van der Waals surface area (Å²) in [6, 6.07) is 0. The molecule has 0 aromatic carbocycles.